The normalized spacial score (nSPS) is 10.4. The smallest absolute Gasteiger partial charge is 0.203 e. The number of nitrogens with one attached hydrogen (secondary N) is 1. The molecule has 0 spiro atoms. The highest BCUT2D eigenvalue weighted by Crippen LogP contribution is 2.08. The minimum absolute atomic E-state index is 0.745. The minimum atomic E-state index is 0.745. The second-order valence-electron chi connectivity index (χ2n) is 2.82. The van der Waals surface area contributed by atoms with E-state index < -0.39 is 0 Å². The van der Waals surface area contributed by atoms with E-state index in [0.29, 0.717) is 0 Å². The lowest BCUT2D eigenvalue weighted by Gasteiger charge is -2.05. The summed E-state index contributed by atoms with van der Waals surface area (Å²) in [6, 6.07) is 0. The van der Waals surface area contributed by atoms with Crippen LogP contribution in [-0.2, 0) is 13.1 Å². The summed E-state index contributed by atoms with van der Waals surface area (Å²) in [6.45, 7) is 3.77. The molecule has 0 bridgehead atoms. The van der Waals surface area contributed by atoms with Crippen molar-refractivity contribution in [1.29, 1.82) is 0 Å². The number of nitrogens with zero attached hydrogens (tertiary/aromatic N) is 3. The summed E-state index contributed by atoms with van der Waals surface area (Å²) >= 11 is 1.65. The van der Waals surface area contributed by atoms with E-state index in [1.165, 1.54) is 0 Å². The number of rotatable bonds is 4. The molecule has 2 heterocycles. The standard InChI is InChI=1S/C9H12N4S/c1-2-13-5-3-11-9(13)12-7-8-10-4-6-14-8/h3-6H,2,7H2,1H3,(H,11,12). The lowest BCUT2D eigenvalue weighted by atomic mass is 10.6. The zero-order chi connectivity index (χ0) is 9.80. The van der Waals surface area contributed by atoms with Crippen molar-refractivity contribution >= 4 is 17.3 Å². The van der Waals surface area contributed by atoms with Crippen LogP contribution in [0.2, 0.25) is 0 Å². The summed E-state index contributed by atoms with van der Waals surface area (Å²) in [5, 5.41) is 6.30. The Labute approximate surface area is 86.6 Å². The first kappa shape index (κ1) is 9.21. The molecule has 0 radical (unpaired) electrons. The summed E-state index contributed by atoms with van der Waals surface area (Å²) in [5.41, 5.74) is 0. The van der Waals surface area contributed by atoms with Crippen LogP contribution >= 0.6 is 11.3 Å². The van der Waals surface area contributed by atoms with Gasteiger partial charge in [-0.1, -0.05) is 0 Å². The van der Waals surface area contributed by atoms with Gasteiger partial charge in [0.25, 0.3) is 0 Å². The van der Waals surface area contributed by atoms with Crippen molar-refractivity contribution in [3.05, 3.63) is 29.0 Å². The minimum Gasteiger partial charge on any atom is -0.349 e. The molecule has 0 aliphatic rings. The maximum absolute atomic E-state index is 4.22. The first-order valence-electron chi connectivity index (χ1n) is 4.53. The molecule has 2 aromatic rings. The molecule has 5 heteroatoms. The Hall–Kier alpha value is -1.36. The third-order valence-corrected chi connectivity index (χ3v) is 2.72. The van der Waals surface area contributed by atoms with Gasteiger partial charge in [-0.3, -0.25) is 0 Å². The van der Waals surface area contributed by atoms with E-state index in [1.807, 2.05) is 17.8 Å². The third kappa shape index (κ3) is 1.93. The molecular formula is C9H12N4S. The van der Waals surface area contributed by atoms with Crippen molar-refractivity contribution in [3.63, 3.8) is 0 Å². The number of thiazole rings is 1. The van der Waals surface area contributed by atoms with Gasteiger partial charge < -0.3 is 9.88 Å². The van der Waals surface area contributed by atoms with Crippen LogP contribution in [0.15, 0.2) is 24.0 Å². The topological polar surface area (TPSA) is 42.7 Å². The van der Waals surface area contributed by atoms with Gasteiger partial charge in [0.1, 0.15) is 5.01 Å². The molecule has 0 fully saturated rings. The molecule has 2 rings (SSSR count). The van der Waals surface area contributed by atoms with E-state index in [-0.39, 0.29) is 0 Å². The lowest BCUT2D eigenvalue weighted by molar-refractivity contribution is 0.763. The van der Waals surface area contributed by atoms with Crippen molar-refractivity contribution in [2.45, 2.75) is 20.0 Å². The van der Waals surface area contributed by atoms with Crippen LogP contribution in [0.5, 0.6) is 0 Å². The van der Waals surface area contributed by atoms with E-state index in [0.717, 1.165) is 24.0 Å². The maximum Gasteiger partial charge on any atom is 0.203 e. The molecule has 74 valence electrons. The van der Waals surface area contributed by atoms with Gasteiger partial charge in [0.15, 0.2) is 0 Å². The number of aromatic nitrogens is 3. The number of hydrogen-bond donors (Lipinski definition) is 1. The number of anilines is 1. The second kappa shape index (κ2) is 4.23. The highest BCUT2D eigenvalue weighted by atomic mass is 32.1. The zero-order valence-electron chi connectivity index (χ0n) is 7.97. The zero-order valence-corrected chi connectivity index (χ0v) is 8.79. The van der Waals surface area contributed by atoms with Crippen LogP contribution in [0.1, 0.15) is 11.9 Å². The fraction of sp³-hybridized carbons (Fsp3) is 0.333. The predicted octanol–water partition coefficient (Wildman–Crippen LogP) is 1.97. The van der Waals surface area contributed by atoms with Crippen molar-refractivity contribution in [1.82, 2.24) is 14.5 Å². The summed E-state index contributed by atoms with van der Waals surface area (Å²) < 4.78 is 2.06. The number of aryl methyl sites for hydroxylation is 1. The Morgan fingerprint density at radius 2 is 2.36 bits per heavy atom. The molecular weight excluding hydrogens is 196 g/mol. The van der Waals surface area contributed by atoms with Crippen LogP contribution in [-0.4, -0.2) is 14.5 Å². The average molecular weight is 208 g/mol. The van der Waals surface area contributed by atoms with Crippen LogP contribution in [0, 0.1) is 0 Å². The fourth-order valence-electron chi connectivity index (χ4n) is 1.23. The van der Waals surface area contributed by atoms with Crippen LogP contribution in [0.4, 0.5) is 5.95 Å². The van der Waals surface area contributed by atoms with E-state index in [2.05, 4.69) is 26.8 Å². The van der Waals surface area contributed by atoms with Crippen LogP contribution < -0.4 is 5.32 Å². The molecule has 0 unspecified atom stereocenters. The van der Waals surface area contributed by atoms with Crippen LogP contribution in [0.3, 0.4) is 0 Å². The van der Waals surface area contributed by atoms with Crippen LogP contribution in [0.25, 0.3) is 0 Å². The molecule has 2 aromatic heterocycles. The molecule has 0 amide bonds. The Morgan fingerprint density at radius 1 is 1.43 bits per heavy atom. The molecule has 14 heavy (non-hydrogen) atoms. The molecule has 0 aromatic carbocycles. The quantitative estimate of drug-likeness (QED) is 0.835. The third-order valence-electron chi connectivity index (χ3n) is 1.94. The Balaban J connectivity index is 1.98. The van der Waals surface area contributed by atoms with E-state index in [1.54, 1.807) is 17.5 Å². The first-order chi connectivity index (χ1) is 6.90. The van der Waals surface area contributed by atoms with Gasteiger partial charge in [-0.05, 0) is 6.92 Å². The van der Waals surface area contributed by atoms with E-state index in [4.69, 9.17) is 0 Å². The van der Waals surface area contributed by atoms with Crippen molar-refractivity contribution in [2.75, 3.05) is 5.32 Å². The SMILES string of the molecule is CCn1ccnc1NCc1nccs1. The maximum atomic E-state index is 4.22. The van der Waals surface area contributed by atoms with E-state index in [9.17, 15) is 0 Å². The number of hydrogen-bond acceptors (Lipinski definition) is 4. The van der Waals surface area contributed by atoms with E-state index >= 15 is 0 Å². The average Bonchev–Trinajstić information content (AvgIpc) is 2.85. The highest BCUT2D eigenvalue weighted by molar-refractivity contribution is 7.09. The largest absolute Gasteiger partial charge is 0.349 e. The van der Waals surface area contributed by atoms with Gasteiger partial charge in [0, 0.05) is 30.5 Å². The van der Waals surface area contributed by atoms with Gasteiger partial charge in [-0.15, -0.1) is 11.3 Å². The molecule has 0 aliphatic carbocycles. The molecule has 0 saturated heterocycles. The highest BCUT2D eigenvalue weighted by Gasteiger charge is 2.00. The summed E-state index contributed by atoms with van der Waals surface area (Å²) in [6.07, 6.45) is 5.58. The first-order valence-corrected chi connectivity index (χ1v) is 5.41. The monoisotopic (exact) mass is 208 g/mol. The van der Waals surface area contributed by atoms with Gasteiger partial charge in [0.05, 0.1) is 6.54 Å². The Morgan fingerprint density at radius 3 is 3.07 bits per heavy atom. The second-order valence-corrected chi connectivity index (χ2v) is 3.80. The molecule has 0 aliphatic heterocycles. The lowest BCUT2D eigenvalue weighted by Crippen LogP contribution is -2.05. The fourth-order valence-corrected chi connectivity index (χ4v) is 1.78. The van der Waals surface area contributed by atoms with Crippen molar-refractivity contribution in [2.24, 2.45) is 0 Å². The summed E-state index contributed by atoms with van der Waals surface area (Å²) in [4.78, 5) is 8.41. The van der Waals surface area contributed by atoms with Gasteiger partial charge >= 0.3 is 0 Å². The summed E-state index contributed by atoms with van der Waals surface area (Å²) in [5.74, 6) is 0.905. The molecule has 1 N–H and O–H groups in total. The van der Waals surface area contributed by atoms with Gasteiger partial charge in [-0.2, -0.15) is 0 Å². The van der Waals surface area contributed by atoms with Gasteiger partial charge in [0.2, 0.25) is 5.95 Å². The Bertz CT molecular complexity index is 379. The van der Waals surface area contributed by atoms with Crippen molar-refractivity contribution < 1.29 is 0 Å². The number of imidazole rings is 1. The molecule has 4 nitrogen and oxygen atoms in total. The van der Waals surface area contributed by atoms with Gasteiger partial charge in [-0.25, -0.2) is 9.97 Å². The van der Waals surface area contributed by atoms with Crippen molar-refractivity contribution in [3.8, 4) is 0 Å². The molecule has 0 atom stereocenters. The molecule has 0 saturated carbocycles. The predicted molar refractivity (Wildman–Crippen MR) is 57.3 cm³/mol. The summed E-state index contributed by atoms with van der Waals surface area (Å²) in [7, 11) is 0. The Kier molecular flexibility index (Phi) is 2.78.